The molecule has 0 heterocycles. The van der Waals surface area contributed by atoms with Crippen LogP contribution in [0.5, 0.6) is 5.75 Å². The van der Waals surface area contributed by atoms with Gasteiger partial charge in [-0.3, -0.25) is 0 Å². The maximum atomic E-state index is 13.1. The molecular formula is C14H12ClFO2. The van der Waals surface area contributed by atoms with Gasteiger partial charge in [0, 0.05) is 5.56 Å². The molecule has 2 nitrogen and oxygen atoms in total. The predicted molar refractivity (Wildman–Crippen MR) is 68.5 cm³/mol. The summed E-state index contributed by atoms with van der Waals surface area (Å²) in [6.45, 7) is 0. The first-order valence-electron chi connectivity index (χ1n) is 5.39. The molecule has 0 spiro atoms. The Morgan fingerprint density at radius 2 is 2.00 bits per heavy atom. The summed E-state index contributed by atoms with van der Waals surface area (Å²) in [5.74, 6) is 0.214. The topological polar surface area (TPSA) is 29.5 Å². The van der Waals surface area contributed by atoms with E-state index in [9.17, 15) is 9.50 Å². The molecule has 0 saturated carbocycles. The zero-order chi connectivity index (χ0) is 13.1. The highest BCUT2D eigenvalue weighted by Gasteiger charge is 2.15. The van der Waals surface area contributed by atoms with Crippen LogP contribution in [0.2, 0.25) is 5.02 Å². The predicted octanol–water partition coefficient (Wildman–Crippen LogP) is 3.57. The monoisotopic (exact) mass is 266 g/mol. The molecule has 0 saturated heterocycles. The highest BCUT2D eigenvalue weighted by atomic mass is 35.5. The Balaban J connectivity index is 2.37. The summed E-state index contributed by atoms with van der Waals surface area (Å²) in [4.78, 5) is 0. The molecule has 0 aliphatic rings. The Kier molecular flexibility index (Phi) is 3.84. The summed E-state index contributed by atoms with van der Waals surface area (Å²) in [6.07, 6.45) is -0.959. The second kappa shape index (κ2) is 5.38. The van der Waals surface area contributed by atoms with Crippen LogP contribution in [0.15, 0.2) is 42.5 Å². The summed E-state index contributed by atoms with van der Waals surface area (Å²) in [5.41, 5.74) is 0.977. The molecule has 0 aromatic heterocycles. The number of hydrogen-bond acceptors (Lipinski definition) is 2. The molecule has 0 aliphatic carbocycles. The first kappa shape index (κ1) is 12.9. The van der Waals surface area contributed by atoms with E-state index in [1.807, 2.05) is 0 Å². The van der Waals surface area contributed by atoms with Gasteiger partial charge in [-0.05, 0) is 29.8 Å². The molecule has 0 aliphatic heterocycles. The Morgan fingerprint density at radius 3 is 2.61 bits per heavy atom. The van der Waals surface area contributed by atoms with Crippen LogP contribution in [-0.4, -0.2) is 12.2 Å². The Morgan fingerprint density at radius 1 is 1.22 bits per heavy atom. The lowest BCUT2D eigenvalue weighted by Crippen LogP contribution is -2.01. The van der Waals surface area contributed by atoms with Gasteiger partial charge in [-0.2, -0.15) is 0 Å². The van der Waals surface area contributed by atoms with Crippen molar-refractivity contribution in [2.75, 3.05) is 7.11 Å². The van der Waals surface area contributed by atoms with E-state index in [2.05, 4.69) is 0 Å². The van der Waals surface area contributed by atoms with Crippen molar-refractivity contribution in [3.8, 4) is 5.75 Å². The van der Waals surface area contributed by atoms with E-state index in [0.717, 1.165) is 0 Å². The molecule has 1 unspecified atom stereocenters. The molecule has 0 fully saturated rings. The average Bonchev–Trinajstić information content (AvgIpc) is 2.37. The highest BCUT2D eigenvalue weighted by Crippen LogP contribution is 2.31. The van der Waals surface area contributed by atoms with Crippen LogP contribution < -0.4 is 4.74 Å². The van der Waals surface area contributed by atoms with Gasteiger partial charge < -0.3 is 9.84 Å². The molecule has 2 rings (SSSR count). The van der Waals surface area contributed by atoms with Crippen LogP contribution >= 0.6 is 11.6 Å². The number of aliphatic hydroxyl groups excluding tert-OH is 1. The lowest BCUT2D eigenvalue weighted by Gasteiger charge is -2.14. The van der Waals surface area contributed by atoms with Crippen molar-refractivity contribution >= 4 is 11.6 Å². The van der Waals surface area contributed by atoms with Crippen LogP contribution in [0.1, 0.15) is 17.2 Å². The lowest BCUT2D eigenvalue weighted by molar-refractivity contribution is 0.220. The van der Waals surface area contributed by atoms with E-state index in [-0.39, 0.29) is 0 Å². The second-order valence-corrected chi connectivity index (χ2v) is 4.25. The summed E-state index contributed by atoms with van der Waals surface area (Å²) in [5, 5.41) is 10.5. The summed E-state index contributed by atoms with van der Waals surface area (Å²) >= 11 is 6.06. The third-order valence-corrected chi connectivity index (χ3v) is 2.99. The maximum Gasteiger partial charge on any atom is 0.123 e. The third-order valence-electron chi connectivity index (χ3n) is 2.67. The highest BCUT2D eigenvalue weighted by molar-refractivity contribution is 6.31. The van der Waals surface area contributed by atoms with E-state index in [0.29, 0.717) is 21.9 Å². The first-order valence-corrected chi connectivity index (χ1v) is 5.76. The largest absolute Gasteiger partial charge is 0.497 e. The molecule has 0 radical (unpaired) electrons. The summed E-state index contributed by atoms with van der Waals surface area (Å²) in [7, 11) is 1.54. The van der Waals surface area contributed by atoms with E-state index >= 15 is 0 Å². The van der Waals surface area contributed by atoms with Crippen molar-refractivity contribution in [2.45, 2.75) is 6.10 Å². The Labute approximate surface area is 110 Å². The molecule has 1 atom stereocenters. The number of methoxy groups -OCH3 is 1. The van der Waals surface area contributed by atoms with E-state index < -0.39 is 11.9 Å². The van der Waals surface area contributed by atoms with Crippen LogP contribution in [0.4, 0.5) is 4.39 Å². The van der Waals surface area contributed by atoms with Crippen molar-refractivity contribution in [3.63, 3.8) is 0 Å². The minimum Gasteiger partial charge on any atom is -0.497 e. The Bertz CT molecular complexity index is 557. The second-order valence-electron chi connectivity index (χ2n) is 3.84. The number of aliphatic hydroxyl groups is 1. The fourth-order valence-electron chi connectivity index (χ4n) is 1.71. The number of benzene rings is 2. The number of ether oxygens (including phenoxy) is 1. The standard InChI is InChI=1S/C14H12ClFO2/c1-18-11-5-6-12(13(15)8-11)14(17)9-3-2-4-10(16)7-9/h2-8,14,17H,1H3. The normalized spacial score (nSPS) is 12.2. The molecule has 1 N–H and O–H groups in total. The van der Waals surface area contributed by atoms with Crippen molar-refractivity contribution < 1.29 is 14.2 Å². The molecule has 4 heteroatoms. The first-order chi connectivity index (χ1) is 8.61. The molecule has 0 bridgehead atoms. The molecule has 2 aromatic carbocycles. The smallest absolute Gasteiger partial charge is 0.123 e. The van der Waals surface area contributed by atoms with Gasteiger partial charge in [-0.1, -0.05) is 29.8 Å². The molecular weight excluding hydrogens is 255 g/mol. The zero-order valence-electron chi connectivity index (χ0n) is 9.73. The zero-order valence-corrected chi connectivity index (χ0v) is 10.5. The molecule has 0 amide bonds. The number of hydrogen-bond donors (Lipinski definition) is 1. The van der Waals surface area contributed by atoms with Gasteiger partial charge in [0.05, 0.1) is 12.1 Å². The SMILES string of the molecule is COc1ccc(C(O)c2cccc(F)c2)c(Cl)c1. The van der Waals surface area contributed by atoms with Gasteiger partial charge in [0.2, 0.25) is 0 Å². The van der Waals surface area contributed by atoms with Gasteiger partial charge in [-0.25, -0.2) is 4.39 Å². The minimum atomic E-state index is -0.959. The van der Waals surface area contributed by atoms with Crippen LogP contribution in [0.3, 0.4) is 0 Å². The van der Waals surface area contributed by atoms with Crippen molar-refractivity contribution in [1.82, 2.24) is 0 Å². The average molecular weight is 267 g/mol. The van der Waals surface area contributed by atoms with Crippen LogP contribution in [0.25, 0.3) is 0 Å². The van der Waals surface area contributed by atoms with Crippen LogP contribution in [-0.2, 0) is 0 Å². The maximum absolute atomic E-state index is 13.1. The Hall–Kier alpha value is -1.58. The van der Waals surface area contributed by atoms with Crippen molar-refractivity contribution in [3.05, 3.63) is 64.4 Å². The minimum absolute atomic E-state index is 0.381. The van der Waals surface area contributed by atoms with Gasteiger partial charge in [0.1, 0.15) is 17.7 Å². The third kappa shape index (κ3) is 2.63. The quantitative estimate of drug-likeness (QED) is 0.920. The van der Waals surface area contributed by atoms with Gasteiger partial charge in [0.15, 0.2) is 0 Å². The molecule has 2 aromatic rings. The van der Waals surface area contributed by atoms with E-state index in [4.69, 9.17) is 16.3 Å². The molecule has 94 valence electrons. The molecule has 18 heavy (non-hydrogen) atoms. The number of halogens is 2. The summed E-state index contributed by atoms with van der Waals surface area (Å²) in [6, 6.07) is 10.8. The van der Waals surface area contributed by atoms with Gasteiger partial charge >= 0.3 is 0 Å². The van der Waals surface area contributed by atoms with Crippen LogP contribution in [0, 0.1) is 5.82 Å². The fourth-order valence-corrected chi connectivity index (χ4v) is 1.99. The number of rotatable bonds is 3. The van der Waals surface area contributed by atoms with Crippen molar-refractivity contribution in [2.24, 2.45) is 0 Å². The fraction of sp³-hybridized carbons (Fsp3) is 0.143. The van der Waals surface area contributed by atoms with E-state index in [1.54, 1.807) is 30.3 Å². The van der Waals surface area contributed by atoms with Gasteiger partial charge in [-0.15, -0.1) is 0 Å². The van der Waals surface area contributed by atoms with Crippen molar-refractivity contribution in [1.29, 1.82) is 0 Å². The summed E-state index contributed by atoms with van der Waals surface area (Å²) < 4.78 is 18.1. The van der Waals surface area contributed by atoms with E-state index in [1.165, 1.54) is 19.2 Å². The van der Waals surface area contributed by atoms with Gasteiger partial charge in [0.25, 0.3) is 0 Å². The lowest BCUT2D eigenvalue weighted by atomic mass is 10.0.